The zero-order chi connectivity index (χ0) is 13.0. The molecule has 0 bridgehead atoms. The second-order valence-electron chi connectivity index (χ2n) is 5.09. The summed E-state index contributed by atoms with van der Waals surface area (Å²) >= 11 is 0. The summed E-state index contributed by atoms with van der Waals surface area (Å²) in [5, 5.41) is 9.37. The maximum atomic E-state index is 13.7. The lowest BCUT2D eigenvalue weighted by Gasteiger charge is -2.17. The molecule has 100 valence electrons. The van der Waals surface area contributed by atoms with Crippen LogP contribution in [0.2, 0.25) is 0 Å². The molecule has 3 heteroatoms. The average Bonchev–Trinajstić information content (AvgIpc) is 2.57. The molecule has 1 unspecified atom stereocenters. The Bertz CT molecular complexity index is 382. The lowest BCUT2D eigenvalue weighted by molar-refractivity contribution is 0.180. The smallest absolute Gasteiger partial charge is 0.132 e. The molecule has 1 aliphatic rings. The van der Waals surface area contributed by atoms with E-state index >= 15 is 0 Å². The van der Waals surface area contributed by atoms with Crippen molar-refractivity contribution in [1.82, 2.24) is 0 Å². The Morgan fingerprint density at radius 3 is 2.44 bits per heavy atom. The van der Waals surface area contributed by atoms with E-state index in [4.69, 9.17) is 4.74 Å². The van der Waals surface area contributed by atoms with Crippen LogP contribution in [0, 0.1) is 5.82 Å². The van der Waals surface area contributed by atoms with Crippen LogP contribution < -0.4 is 4.74 Å². The highest BCUT2D eigenvalue weighted by Crippen LogP contribution is 2.26. The minimum Gasteiger partial charge on any atom is -0.490 e. The zero-order valence-electron chi connectivity index (χ0n) is 10.9. The summed E-state index contributed by atoms with van der Waals surface area (Å²) in [5.41, 5.74) is 0.322. The number of hydrogen-bond donors (Lipinski definition) is 1. The number of ether oxygens (including phenoxy) is 1. The van der Waals surface area contributed by atoms with Crippen molar-refractivity contribution in [2.24, 2.45) is 0 Å². The van der Waals surface area contributed by atoms with Crippen LogP contribution in [0.15, 0.2) is 18.2 Å². The summed E-state index contributed by atoms with van der Waals surface area (Å²) in [7, 11) is 0. The largest absolute Gasteiger partial charge is 0.490 e. The van der Waals surface area contributed by atoms with E-state index in [9.17, 15) is 9.50 Å². The molecule has 0 spiro atoms. The van der Waals surface area contributed by atoms with Crippen molar-refractivity contribution in [3.05, 3.63) is 29.6 Å². The number of hydrogen-bond acceptors (Lipinski definition) is 2. The van der Waals surface area contributed by atoms with Gasteiger partial charge in [0, 0.05) is 11.6 Å². The first-order chi connectivity index (χ1) is 8.66. The second kappa shape index (κ2) is 6.19. The molecule has 1 aromatic rings. The Morgan fingerprint density at radius 1 is 1.22 bits per heavy atom. The first-order valence-corrected chi connectivity index (χ1v) is 6.81. The van der Waals surface area contributed by atoms with Crippen molar-refractivity contribution in [2.45, 2.75) is 57.7 Å². The molecule has 0 aliphatic heterocycles. The summed E-state index contributed by atoms with van der Waals surface area (Å²) in [5.74, 6) is 0.180. The van der Waals surface area contributed by atoms with Crippen LogP contribution in [0.1, 0.15) is 57.1 Å². The number of rotatable bonds is 3. The van der Waals surface area contributed by atoms with Gasteiger partial charge in [0.2, 0.25) is 0 Å². The molecule has 0 radical (unpaired) electrons. The van der Waals surface area contributed by atoms with Gasteiger partial charge in [-0.15, -0.1) is 0 Å². The van der Waals surface area contributed by atoms with Crippen molar-refractivity contribution in [3.63, 3.8) is 0 Å². The molecule has 0 heterocycles. The van der Waals surface area contributed by atoms with Crippen LogP contribution in [0.4, 0.5) is 4.39 Å². The zero-order valence-corrected chi connectivity index (χ0v) is 10.9. The van der Waals surface area contributed by atoms with Crippen LogP contribution in [0.5, 0.6) is 5.75 Å². The third-order valence-corrected chi connectivity index (χ3v) is 3.53. The van der Waals surface area contributed by atoms with Gasteiger partial charge in [0.25, 0.3) is 0 Å². The van der Waals surface area contributed by atoms with Crippen molar-refractivity contribution in [3.8, 4) is 5.75 Å². The molecular formula is C15H21FO2. The maximum Gasteiger partial charge on any atom is 0.132 e. The van der Waals surface area contributed by atoms with E-state index < -0.39 is 11.9 Å². The molecule has 0 saturated heterocycles. The Kier molecular flexibility index (Phi) is 4.59. The Morgan fingerprint density at radius 2 is 1.89 bits per heavy atom. The normalized spacial score (nSPS) is 19.3. The van der Waals surface area contributed by atoms with Gasteiger partial charge in [-0.3, -0.25) is 0 Å². The summed E-state index contributed by atoms with van der Waals surface area (Å²) in [6, 6.07) is 4.73. The number of aliphatic hydroxyl groups is 1. The third-order valence-electron chi connectivity index (χ3n) is 3.53. The highest BCUT2D eigenvalue weighted by molar-refractivity contribution is 5.30. The number of benzene rings is 1. The van der Waals surface area contributed by atoms with Crippen LogP contribution in [-0.4, -0.2) is 11.2 Å². The van der Waals surface area contributed by atoms with E-state index in [2.05, 4.69) is 0 Å². The predicted molar refractivity (Wildman–Crippen MR) is 69.2 cm³/mol. The molecule has 1 fully saturated rings. The van der Waals surface area contributed by atoms with Crippen molar-refractivity contribution in [1.29, 1.82) is 0 Å². The fourth-order valence-corrected chi connectivity index (χ4v) is 2.47. The minimum absolute atomic E-state index is 0.212. The van der Waals surface area contributed by atoms with E-state index in [1.165, 1.54) is 31.7 Å². The molecule has 1 aliphatic carbocycles. The fraction of sp³-hybridized carbons (Fsp3) is 0.600. The topological polar surface area (TPSA) is 29.5 Å². The van der Waals surface area contributed by atoms with Crippen LogP contribution in [0.3, 0.4) is 0 Å². The van der Waals surface area contributed by atoms with Gasteiger partial charge >= 0.3 is 0 Å². The van der Waals surface area contributed by atoms with E-state index in [-0.39, 0.29) is 6.10 Å². The summed E-state index contributed by atoms with van der Waals surface area (Å²) in [4.78, 5) is 0. The van der Waals surface area contributed by atoms with Crippen molar-refractivity contribution < 1.29 is 14.2 Å². The Hall–Kier alpha value is -1.09. The summed E-state index contributed by atoms with van der Waals surface area (Å²) in [6.07, 6.45) is 6.48. The van der Waals surface area contributed by atoms with Crippen LogP contribution in [0.25, 0.3) is 0 Å². The number of aliphatic hydroxyl groups excluding tert-OH is 1. The van der Waals surface area contributed by atoms with E-state index in [1.807, 2.05) is 0 Å². The van der Waals surface area contributed by atoms with Crippen molar-refractivity contribution >= 4 is 0 Å². The molecule has 0 amide bonds. The highest BCUT2D eigenvalue weighted by atomic mass is 19.1. The molecule has 1 N–H and O–H groups in total. The van der Waals surface area contributed by atoms with E-state index in [1.54, 1.807) is 19.1 Å². The molecule has 0 aromatic heterocycles. The van der Waals surface area contributed by atoms with E-state index in [0.29, 0.717) is 11.3 Å². The first-order valence-electron chi connectivity index (χ1n) is 6.81. The second-order valence-corrected chi connectivity index (χ2v) is 5.09. The van der Waals surface area contributed by atoms with Gasteiger partial charge in [-0.25, -0.2) is 4.39 Å². The molecular weight excluding hydrogens is 231 g/mol. The molecule has 1 aromatic carbocycles. The molecule has 2 nitrogen and oxygen atoms in total. The number of halogens is 1. The lowest BCUT2D eigenvalue weighted by Crippen LogP contribution is -2.15. The van der Waals surface area contributed by atoms with E-state index in [0.717, 1.165) is 12.8 Å². The first kappa shape index (κ1) is 13.3. The third kappa shape index (κ3) is 3.45. The Labute approximate surface area is 108 Å². The SMILES string of the molecule is CC(O)c1ccc(OC2CCCCCC2)cc1F. The molecule has 1 saturated carbocycles. The van der Waals surface area contributed by atoms with Gasteiger partial charge in [-0.2, -0.15) is 0 Å². The fourth-order valence-electron chi connectivity index (χ4n) is 2.47. The predicted octanol–water partition coefficient (Wildman–Crippen LogP) is 3.98. The minimum atomic E-state index is -0.781. The van der Waals surface area contributed by atoms with Gasteiger partial charge in [-0.05, 0) is 44.7 Å². The monoisotopic (exact) mass is 252 g/mol. The maximum absolute atomic E-state index is 13.7. The van der Waals surface area contributed by atoms with Gasteiger partial charge in [-0.1, -0.05) is 12.8 Å². The Balaban J connectivity index is 2.02. The van der Waals surface area contributed by atoms with Gasteiger partial charge < -0.3 is 9.84 Å². The van der Waals surface area contributed by atoms with Gasteiger partial charge in [0.15, 0.2) is 0 Å². The summed E-state index contributed by atoms with van der Waals surface area (Å²) in [6.45, 7) is 1.56. The van der Waals surface area contributed by atoms with Crippen LogP contribution >= 0.6 is 0 Å². The molecule has 18 heavy (non-hydrogen) atoms. The van der Waals surface area contributed by atoms with Gasteiger partial charge in [0.05, 0.1) is 12.2 Å². The standard InChI is InChI=1S/C15H21FO2/c1-11(17)14-9-8-13(10-15(14)16)18-12-6-4-2-3-5-7-12/h8-12,17H,2-7H2,1H3. The van der Waals surface area contributed by atoms with Crippen LogP contribution in [-0.2, 0) is 0 Å². The quantitative estimate of drug-likeness (QED) is 0.824. The van der Waals surface area contributed by atoms with Gasteiger partial charge in [0.1, 0.15) is 11.6 Å². The average molecular weight is 252 g/mol. The highest BCUT2D eigenvalue weighted by Gasteiger charge is 2.15. The summed E-state index contributed by atoms with van der Waals surface area (Å²) < 4.78 is 19.5. The molecule has 1 atom stereocenters. The van der Waals surface area contributed by atoms with Crippen molar-refractivity contribution in [2.75, 3.05) is 0 Å². The molecule has 2 rings (SSSR count). The lowest BCUT2D eigenvalue weighted by atomic mass is 10.1.